The van der Waals surface area contributed by atoms with Crippen LogP contribution in [-0.4, -0.2) is 52.5 Å². The van der Waals surface area contributed by atoms with Gasteiger partial charge in [0.15, 0.2) is 0 Å². The van der Waals surface area contributed by atoms with E-state index in [1.54, 1.807) is 0 Å². The minimum atomic E-state index is -4.77. The Morgan fingerprint density at radius 1 is 1.46 bits per heavy atom. The fourth-order valence-corrected chi connectivity index (χ4v) is 4.41. The highest BCUT2D eigenvalue weighted by Gasteiger charge is 2.43. The predicted molar refractivity (Wildman–Crippen MR) is 92.6 cm³/mol. The number of aliphatic hydroxyl groups is 1. The smallest absolute Gasteiger partial charge is 0.384 e. The Bertz CT molecular complexity index is 850. The maximum atomic E-state index is 14.3. The van der Waals surface area contributed by atoms with Gasteiger partial charge in [0, 0.05) is 35.2 Å². The van der Waals surface area contributed by atoms with Gasteiger partial charge in [0.1, 0.15) is 11.0 Å². The first-order chi connectivity index (χ1) is 13.0. The van der Waals surface area contributed by atoms with E-state index < -0.39 is 43.5 Å². The van der Waals surface area contributed by atoms with Crippen molar-refractivity contribution in [2.75, 3.05) is 18.0 Å². The van der Waals surface area contributed by atoms with Crippen molar-refractivity contribution in [3.8, 4) is 10.4 Å². The van der Waals surface area contributed by atoms with Gasteiger partial charge in [-0.05, 0) is 12.8 Å². The number of anilines is 1. The Morgan fingerprint density at radius 3 is 2.75 bits per heavy atom. The average molecular weight is 424 g/mol. The summed E-state index contributed by atoms with van der Waals surface area (Å²) < 4.78 is 66.0. The molecular formula is C16H17F5N4O2S. The number of nitrogens with zero attached hydrogens (tertiary/aromatic N) is 2. The fraction of sp³-hybridized carbons (Fsp3) is 0.500. The van der Waals surface area contributed by atoms with Crippen molar-refractivity contribution in [1.29, 1.82) is 0 Å². The van der Waals surface area contributed by atoms with Crippen LogP contribution in [0.1, 0.15) is 28.1 Å². The molecule has 154 valence electrons. The molecule has 1 amide bonds. The molecule has 4 N–H and O–H groups in total. The van der Waals surface area contributed by atoms with Crippen LogP contribution in [0.5, 0.6) is 0 Å². The zero-order valence-electron chi connectivity index (χ0n) is 14.4. The van der Waals surface area contributed by atoms with Crippen LogP contribution in [0.15, 0.2) is 12.4 Å². The van der Waals surface area contributed by atoms with Crippen LogP contribution < -0.4 is 10.6 Å². The highest BCUT2D eigenvalue weighted by atomic mass is 32.1. The molecule has 0 bridgehead atoms. The minimum absolute atomic E-state index is 0.0677. The zero-order valence-corrected chi connectivity index (χ0v) is 15.2. The molecule has 1 aliphatic rings. The molecule has 12 heteroatoms. The summed E-state index contributed by atoms with van der Waals surface area (Å²) in [6.07, 6.45) is -5.82. The molecule has 3 rings (SSSR count). The Labute approximate surface area is 160 Å². The minimum Gasteiger partial charge on any atom is -0.384 e. The van der Waals surface area contributed by atoms with Gasteiger partial charge < -0.3 is 15.7 Å². The number of aromatic nitrogens is 2. The van der Waals surface area contributed by atoms with Crippen LogP contribution in [-0.2, 0) is 6.42 Å². The van der Waals surface area contributed by atoms with Crippen molar-refractivity contribution < 1.29 is 31.9 Å². The molecule has 6 nitrogen and oxygen atoms in total. The number of nitrogens with one attached hydrogen (secondary N) is 1. The third-order valence-electron chi connectivity index (χ3n) is 4.42. The fourth-order valence-electron chi connectivity index (χ4n) is 3.23. The Hall–Kier alpha value is -2.21. The second-order valence-corrected chi connectivity index (χ2v) is 7.61. The lowest BCUT2D eigenvalue weighted by molar-refractivity contribution is -0.205. The molecule has 0 radical (unpaired) electrons. The molecule has 1 atom stereocenters. The first-order valence-electron chi connectivity index (χ1n) is 8.32. The van der Waals surface area contributed by atoms with E-state index in [0.29, 0.717) is 10.4 Å². The molecule has 28 heavy (non-hydrogen) atoms. The summed E-state index contributed by atoms with van der Waals surface area (Å²) in [5.74, 6) is -3.94. The van der Waals surface area contributed by atoms with Gasteiger partial charge in [-0.3, -0.25) is 9.89 Å². The Balaban J connectivity index is 1.93. The molecule has 0 aliphatic carbocycles. The summed E-state index contributed by atoms with van der Waals surface area (Å²) in [6, 6.07) is 0. The molecule has 3 heterocycles. The number of alkyl halides is 5. The molecule has 0 aromatic carbocycles. The number of carbonyl (C=O) groups is 1. The Kier molecular flexibility index (Phi) is 5.36. The van der Waals surface area contributed by atoms with Gasteiger partial charge in [0.2, 0.25) is 0 Å². The van der Waals surface area contributed by atoms with Gasteiger partial charge in [0.05, 0.1) is 18.4 Å². The molecule has 0 unspecified atom stereocenters. The number of nitrogens with two attached hydrogens (primary N) is 1. The third-order valence-corrected chi connectivity index (χ3v) is 5.71. The van der Waals surface area contributed by atoms with E-state index in [4.69, 9.17) is 10.8 Å². The van der Waals surface area contributed by atoms with E-state index in [-0.39, 0.29) is 29.1 Å². The number of aromatic amines is 1. The van der Waals surface area contributed by atoms with Crippen LogP contribution >= 0.6 is 11.3 Å². The second-order valence-electron chi connectivity index (χ2n) is 6.59. The van der Waals surface area contributed by atoms with Crippen LogP contribution in [0, 0.1) is 0 Å². The zero-order chi connectivity index (χ0) is 20.7. The van der Waals surface area contributed by atoms with Crippen molar-refractivity contribution in [3.63, 3.8) is 0 Å². The lowest BCUT2D eigenvalue weighted by atomic mass is 9.97. The van der Waals surface area contributed by atoms with Gasteiger partial charge in [-0.25, -0.2) is 8.78 Å². The normalized spacial score (nSPS) is 17.4. The maximum Gasteiger partial charge on any atom is 0.414 e. The molecule has 1 aliphatic heterocycles. The number of halogens is 5. The molecule has 0 fully saturated rings. The largest absolute Gasteiger partial charge is 0.414 e. The van der Waals surface area contributed by atoms with Crippen LogP contribution in [0.25, 0.3) is 10.4 Å². The number of H-pyrrole nitrogens is 1. The number of carbonyl (C=O) groups excluding carboxylic acids is 1. The van der Waals surface area contributed by atoms with Gasteiger partial charge >= 0.3 is 6.18 Å². The highest BCUT2D eigenvalue weighted by molar-refractivity contribution is 7.18. The summed E-state index contributed by atoms with van der Waals surface area (Å²) >= 11 is 0.951. The van der Waals surface area contributed by atoms with Gasteiger partial charge in [-0.15, -0.1) is 11.3 Å². The number of fused-ring (bicyclic) bond motifs is 1. The SMILES string of the molecule is NC(=O)c1sc(-c2cn[nH]c2)c2c1N(CCC[C@H](O)C(F)(F)F)CC(F)(F)C2. The quantitative estimate of drug-likeness (QED) is 0.622. The van der Waals surface area contributed by atoms with E-state index in [1.165, 1.54) is 17.3 Å². The van der Waals surface area contributed by atoms with E-state index in [1.807, 2.05) is 0 Å². The monoisotopic (exact) mass is 424 g/mol. The summed E-state index contributed by atoms with van der Waals surface area (Å²) in [6.45, 7) is -0.929. The lowest BCUT2D eigenvalue weighted by Gasteiger charge is -2.35. The van der Waals surface area contributed by atoms with Crippen molar-refractivity contribution in [2.45, 2.75) is 37.5 Å². The molecule has 2 aromatic rings. The standard InChI is InChI=1S/C16H17F5N4O2S/c17-15(18)4-9-11(25(7-15)3-1-2-10(26)16(19,20)21)13(14(22)27)28-12(9)8-5-23-24-6-8/h5-6,10,26H,1-4,7H2,(H2,22,27)(H,23,24)/t10-/m0/s1. The molecule has 0 saturated heterocycles. The summed E-state index contributed by atoms with van der Waals surface area (Å²) in [4.78, 5) is 13.5. The molecule has 0 saturated carbocycles. The van der Waals surface area contributed by atoms with Crippen LogP contribution in [0.3, 0.4) is 0 Å². The third kappa shape index (κ3) is 4.12. The van der Waals surface area contributed by atoms with Crippen LogP contribution in [0.4, 0.5) is 27.6 Å². The van der Waals surface area contributed by atoms with Crippen molar-refractivity contribution >= 4 is 22.9 Å². The topological polar surface area (TPSA) is 95.2 Å². The predicted octanol–water partition coefficient (Wildman–Crippen LogP) is 2.94. The average Bonchev–Trinajstić information content (AvgIpc) is 3.19. The van der Waals surface area contributed by atoms with E-state index >= 15 is 0 Å². The number of primary amides is 1. The molecule has 0 spiro atoms. The number of hydrogen-bond acceptors (Lipinski definition) is 5. The second kappa shape index (κ2) is 7.32. The van der Waals surface area contributed by atoms with E-state index in [2.05, 4.69) is 10.2 Å². The highest BCUT2D eigenvalue weighted by Crippen LogP contribution is 2.47. The number of thiophene rings is 1. The van der Waals surface area contributed by atoms with Gasteiger partial charge in [-0.2, -0.15) is 18.3 Å². The number of amides is 1. The molecular weight excluding hydrogens is 407 g/mol. The molecule has 2 aromatic heterocycles. The van der Waals surface area contributed by atoms with Crippen molar-refractivity contribution in [2.24, 2.45) is 5.73 Å². The van der Waals surface area contributed by atoms with Gasteiger partial charge in [-0.1, -0.05) is 0 Å². The van der Waals surface area contributed by atoms with Gasteiger partial charge in [0.25, 0.3) is 11.8 Å². The lowest BCUT2D eigenvalue weighted by Crippen LogP contribution is -2.44. The van der Waals surface area contributed by atoms with E-state index in [9.17, 15) is 26.7 Å². The van der Waals surface area contributed by atoms with Crippen molar-refractivity contribution in [3.05, 3.63) is 22.8 Å². The maximum absolute atomic E-state index is 14.3. The number of aliphatic hydroxyl groups excluding tert-OH is 1. The number of rotatable bonds is 6. The summed E-state index contributed by atoms with van der Waals surface area (Å²) in [5.41, 5.74) is 6.37. The van der Waals surface area contributed by atoms with E-state index in [0.717, 1.165) is 11.3 Å². The first-order valence-corrected chi connectivity index (χ1v) is 9.13. The summed E-state index contributed by atoms with van der Waals surface area (Å²) in [7, 11) is 0. The first kappa shape index (κ1) is 20.5. The number of hydrogen-bond donors (Lipinski definition) is 3. The summed E-state index contributed by atoms with van der Waals surface area (Å²) in [5, 5.41) is 15.5. The Morgan fingerprint density at radius 2 is 2.18 bits per heavy atom. The van der Waals surface area contributed by atoms with Crippen molar-refractivity contribution in [1.82, 2.24) is 10.2 Å². The van der Waals surface area contributed by atoms with Crippen LogP contribution in [0.2, 0.25) is 0 Å².